The number of pyridine rings is 2. The number of hydrogen-bond acceptors (Lipinski definition) is 6. The predicted octanol–water partition coefficient (Wildman–Crippen LogP) is 4.17. The monoisotopic (exact) mass is 370 g/mol. The maximum Gasteiger partial charge on any atom is 0.214 e. The van der Waals surface area contributed by atoms with Crippen molar-refractivity contribution in [2.75, 3.05) is 11.9 Å². The van der Waals surface area contributed by atoms with E-state index in [-0.39, 0.29) is 5.78 Å². The minimum Gasteiger partial charge on any atom is -0.337 e. The number of carbonyl (C=O) groups is 1. The van der Waals surface area contributed by atoms with Crippen LogP contribution in [0, 0.1) is 0 Å². The maximum atomic E-state index is 13.0. The maximum absolute atomic E-state index is 13.0. The number of para-hydroxylation sites is 1. The number of hydrogen-bond donors (Lipinski definition) is 0. The Morgan fingerprint density at radius 3 is 2.44 bits per heavy atom. The van der Waals surface area contributed by atoms with Crippen LogP contribution in [0.3, 0.4) is 0 Å². The first-order chi connectivity index (χ1) is 13.2. The number of benzene rings is 1. The summed E-state index contributed by atoms with van der Waals surface area (Å²) in [4.78, 5) is 29.7. The fraction of sp³-hybridized carbons (Fsp3) is 0.0476. The van der Waals surface area contributed by atoms with Crippen molar-refractivity contribution in [1.29, 1.82) is 0 Å². The molecule has 5 nitrogen and oxygen atoms in total. The molecule has 2 aromatic heterocycles. The summed E-state index contributed by atoms with van der Waals surface area (Å²) in [7, 11) is 2.00. The fourth-order valence-electron chi connectivity index (χ4n) is 3.29. The van der Waals surface area contributed by atoms with E-state index in [0.29, 0.717) is 28.2 Å². The topological polar surface area (TPSA) is 58.5 Å². The molecular weight excluding hydrogens is 356 g/mol. The number of fused-ring (bicyclic) bond motifs is 4. The highest BCUT2D eigenvalue weighted by atomic mass is 32.2. The van der Waals surface area contributed by atoms with Crippen molar-refractivity contribution in [2.45, 2.75) is 4.90 Å². The summed E-state index contributed by atoms with van der Waals surface area (Å²) in [5, 5.41) is 0.971. The normalized spacial score (nSPS) is 17.8. The van der Waals surface area contributed by atoms with E-state index < -0.39 is 0 Å². The van der Waals surface area contributed by atoms with Gasteiger partial charge in [0.2, 0.25) is 5.78 Å². The molecule has 1 aliphatic carbocycles. The second kappa shape index (κ2) is 6.17. The lowest BCUT2D eigenvalue weighted by Gasteiger charge is -2.18. The molecule has 0 unspecified atom stereocenters. The summed E-state index contributed by atoms with van der Waals surface area (Å²) in [6.07, 6.45) is 5.15. The average molecular weight is 370 g/mol. The number of nitrogens with zero attached hydrogens (tertiary/aromatic N) is 4. The third kappa shape index (κ3) is 2.49. The van der Waals surface area contributed by atoms with E-state index in [2.05, 4.69) is 32.0 Å². The van der Waals surface area contributed by atoms with E-state index in [1.807, 2.05) is 31.3 Å². The molecule has 130 valence electrons. The summed E-state index contributed by atoms with van der Waals surface area (Å²) in [5.41, 5.74) is 4.10. The van der Waals surface area contributed by atoms with E-state index in [1.54, 1.807) is 42.5 Å². The molecule has 0 fully saturated rings. The second-order valence-electron chi connectivity index (χ2n) is 6.20. The second-order valence-corrected chi connectivity index (χ2v) is 7.26. The van der Waals surface area contributed by atoms with Crippen molar-refractivity contribution < 1.29 is 4.79 Å². The summed E-state index contributed by atoms with van der Waals surface area (Å²) in [5.74, 6) is -0.126. The van der Waals surface area contributed by atoms with Crippen LogP contribution >= 0.6 is 11.8 Å². The number of Topliss-reactive ketones (excluding diaryl/α,β-unsaturated/α-hetero) is 1. The summed E-state index contributed by atoms with van der Waals surface area (Å²) in [6.45, 7) is 0. The Kier molecular flexibility index (Phi) is 3.65. The number of rotatable bonds is 1. The highest BCUT2D eigenvalue weighted by Gasteiger charge is 2.30. The van der Waals surface area contributed by atoms with Gasteiger partial charge in [-0.3, -0.25) is 14.8 Å². The molecule has 1 aliphatic heterocycles. The van der Waals surface area contributed by atoms with Gasteiger partial charge in [0.25, 0.3) is 0 Å². The molecule has 5 rings (SSSR count). The molecule has 1 aromatic carbocycles. The fourth-order valence-corrected chi connectivity index (χ4v) is 4.32. The standard InChI is InChI=1S/C21H14N4OS/c1-25-15-8-2-3-9-16(15)27-17(25)12-24-20-13-6-4-10-22-18(13)19-14(21(20)26)7-5-11-23-19/h2-12H,1H3/b17-12-,24-20-. The summed E-state index contributed by atoms with van der Waals surface area (Å²) in [6, 6.07) is 15.4. The molecule has 3 heterocycles. The number of thioether (sulfide) groups is 1. The molecule has 0 N–H and O–H groups in total. The average Bonchev–Trinajstić information content (AvgIpc) is 3.04. The van der Waals surface area contributed by atoms with Gasteiger partial charge in [-0.25, -0.2) is 4.99 Å². The first-order valence-electron chi connectivity index (χ1n) is 8.48. The van der Waals surface area contributed by atoms with Crippen LogP contribution in [-0.4, -0.2) is 28.5 Å². The first-order valence-corrected chi connectivity index (χ1v) is 9.30. The first kappa shape index (κ1) is 16.0. The van der Waals surface area contributed by atoms with Crippen molar-refractivity contribution >= 4 is 28.9 Å². The summed E-state index contributed by atoms with van der Waals surface area (Å²) >= 11 is 1.64. The number of anilines is 1. The van der Waals surface area contributed by atoms with Crippen LogP contribution in [0.25, 0.3) is 11.4 Å². The summed E-state index contributed by atoms with van der Waals surface area (Å²) < 4.78 is 0. The van der Waals surface area contributed by atoms with Crippen LogP contribution in [0.5, 0.6) is 0 Å². The molecule has 6 heteroatoms. The largest absolute Gasteiger partial charge is 0.337 e. The van der Waals surface area contributed by atoms with Gasteiger partial charge in [0.05, 0.1) is 28.2 Å². The highest BCUT2D eigenvalue weighted by molar-refractivity contribution is 8.03. The molecule has 3 aromatic rings. The zero-order valence-corrected chi connectivity index (χ0v) is 15.3. The Labute approximate surface area is 160 Å². The van der Waals surface area contributed by atoms with Gasteiger partial charge in [-0.1, -0.05) is 23.9 Å². The highest BCUT2D eigenvalue weighted by Crippen LogP contribution is 2.44. The van der Waals surface area contributed by atoms with Gasteiger partial charge in [0.1, 0.15) is 11.4 Å². The number of aliphatic imine (C=N–C) groups is 1. The molecule has 0 bridgehead atoms. The zero-order chi connectivity index (χ0) is 18.4. The van der Waals surface area contributed by atoms with Crippen LogP contribution in [-0.2, 0) is 0 Å². The molecule has 2 aliphatic rings. The number of carbonyl (C=O) groups excluding carboxylic acids is 1. The lowest BCUT2D eigenvalue weighted by molar-refractivity contribution is 0.106. The Hall–Kier alpha value is -3.25. The van der Waals surface area contributed by atoms with E-state index in [9.17, 15) is 4.79 Å². The third-order valence-corrected chi connectivity index (χ3v) is 5.78. The van der Waals surface area contributed by atoms with Crippen molar-refractivity contribution in [1.82, 2.24) is 9.97 Å². The minimum atomic E-state index is -0.126. The Morgan fingerprint density at radius 2 is 1.67 bits per heavy atom. The van der Waals surface area contributed by atoms with Crippen molar-refractivity contribution in [3.63, 3.8) is 0 Å². The van der Waals surface area contributed by atoms with E-state index in [0.717, 1.165) is 10.7 Å². The van der Waals surface area contributed by atoms with Gasteiger partial charge in [0, 0.05) is 29.9 Å². The quantitative estimate of drug-likeness (QED) is 0.643. The molecular formula is C21H14N4OS. The molecule has 0 saturated heterocycles. The molecule has 27 heavy (non-hydrogen) atoms. The van der Waals surface area contributed by atoms with Crippen LogP contribution in [0.4, 0.5) is 5.69 Å². The molecule has 0 amide bonds. The Bertz CT molecular complexity index is 1150. The molecule has 0 atom stereocenters. The van der Waals surface area contributed by atoms with Gasteiger partial charge < -0.3 is 4.90 Å². The molecule has 0 radical (unpaired) electrons. The van der Waals surface area contributed by atoms with Crippen LogP contribution in [0.2, 0.25) is 0 Å². The number of ketones is 1. The van der Waals surface area contributed by atoms with E-state index in [4.69, 9.17) is 0 Å². The van der Waals surface area contributed by atoms with E-state index in [1.165, 1.54) is 4.90 Å². The van der Waals surface area contributed by atoms with Gasteiger partial charge >= 0.3 is 0 Å². The van der Waals surface area contributed by atoms with Gasteiger partial charge in [-0.15, -0.1) is 0 Å². The molecule has 0 saturated carbocycles. The lowest BCUT2D eigenvalue weighted by atomic mass is 9.90. The lowest BCUT2D eigenvalue weighted by Crippen LogP contribution is -2.23. The Balaban J connectivity index is 1.61. The van der Waals surface area contributed by atoms with Gasteiger partial charge in [0.15, 0.2) is 0 Å². The predicted molar refractivity (Wildman–Crippen MR) is 107 cm³/mol. The SMILES string of the molecule is CN1/C(=C/N=C2\C(=O)c3cccnc3-c3ncccc32)Sc2ccccc21. The van der Waals surface area contributed by atoms with Crippen LogP contribution < -0.4 is 4.90 Å². The number of aromatic nitrogens is 2. The van der Waals surface area contributed by atoms with Gasteiger partial charge in [-0.2, -0.15) is 0 Å². The smallest absolute Gasteiger partial charge is 0.214 e. The third-order valence-electron chi connectivity index (χ3n) is 4.63. The van der Waals surface area contributed by atoms with Crippen LogP contribution in [0.1, 0.15) is 15.9 Å². The zero-order valence-electron chi connectivity index (χ0n) is 14.5. The van der Waals surface area contributed by atoms with Crippen molar-refractivity contribution in [2.24, 2.45) is 4.99 Å². The van der Waals surface area contributed by atoms with Crippen molar-refractivity contribution in [3.8, 4) is 11.4 Å². The van der Waals surface area contributed by atoms with E-state index >= 15 is 0 Å². The van der Waals surface area contributed by atoms with Crippen molar-refractivity contribution in [3.05, 3.63) is 83.3 Å². The van der Waals surface area contributed by atoms with Gasteiger partial charge in [-0.05, 0) is 36.4 Å². The minimum absolute atomic E-state index is 0.126. The molecule has 0 spiro atoms. The van der Waals surface area contributed by atoms with Crippen LogP contribution in [0.15, 0.2) is 82.0 Å². The Morgan fingerprint density at radius 1 is 0.963 bits per heavy atom.